The Labute approximate surface area is 154 Å². The highest BCUT2D eigenvalue weighted by Crippen LogP contribution is 2.28. The van der Waals surface area contributed by atoms with Crippen LogP contribution in [0.15, 0.2) is 30.3 Å². The lowest BCUT2D eigenvalue weighted by Gasteiger charge is -2.35. The Hall–Kier alpha value is -2.37. The minimum Gasteiger partial charge on any atom is -0.468 e. The molecule has 0 bridgehead atoms. The van der Waals surface area contributed by atoms with Crippen molar-refractivity contribution in [3.05, 3.63) is 35.9 Å². The van der Waals surface area contributed by atoms with Gasteiger partial charge in [0.05, 0.1) is 13.7 Å². The van der Waals surface area contributed by atoms with Gasteiger partial charge < -0.3 is 14.5 Å². The molecule has 2 heterocycles. The van der Waals surface area contributed by atoms with Crippen LogP contribution in [0.5, 0.6) is 0 Å². The summed E-state index contributed by atoms with van der Waals surface area (Å²) in [7, 11) is 1.29. The zero-order valence-electron chi connectivity index (χ0n) is 15.2. The van der Waals surface area contributed by atoms with E-state index in [9.17, 15) is 14.4 Å². The molecule has 2 amide bonds. The van der Waals surface area contributed by atoms with Gasteiger partial charge in [0.15, 0.2) is 0 Å². The second-order valence-electron chi connectivity index (χ2n) is 7.04. The second kappa shape index (κ2) is 8.34. The number of rotatable bonds is 4. The summed E-state index contributed by atoms with van der Waals surface area (Å²) in [5.74, 6) is -1.09. The van der Waals surface area contributed by atoms with Crippen LogP contribution in [-0.2, 0) is 19.1 Å². The van der Waals surface area contributed by atoms with Gasteiger partial charge in [0.25, 0.3) is 0 Å². The number of amides is 2. The third-order valence-electron chi connectivity index (χ3n) is 5.46. The summed E-state index contributed by atoms with van der Waals surface area (Å²) in [6.45, 7) is 2.00. The maximum absolute atomic E-state index is 12.6. The summed E-state index contributed by atoms with van der Waals surface area (Å²) in [5, 5.41) is 0. The predicted octanol–water partition coefficient (Wildman–Crippen LogP) is 1.80. The number of carbonyl (C=O) groups is 3. The number of piperidine rings is 2. The van der Waals surface area contributed by atoms with Crippen molar-refractivity contribution < 1.29 is 19.1 Å². The molecule has 2 fully saturated rings. The fourth-order valence-electron chi connectivity index (χ4n) is 3.91. The van der Waals surface area contributed by atoms with Crippen LogP contribution in [0.1, 0.15) is 37.2 Å². The van der Waals surface area contributed by atoms with Gasteiger partial charge >= 0.3 is 5.97 Å². The first-order valence-corrected chi connectivity index (χ1v) is 9.29. The zero-order chi connectivity index (χ0) is 18.5. The number of benzene rings is 1. The smallest absolute Gasteiger partial charge is 0.318 e. The average molecular weight is 358 g/mol. The number of esters is 1. The van der Waals surface area contributed by atoms with E-state index in [1.165, 1.54) is 17.6 Å². The number of carbonyl (C=O) groups excluding carboxylic acids is 3. The highest BCUT2D eigenvalue weighted by molar-refractivity contribution is 5.99. The van der Waals surface area contributed by atoms with Crippen molar-refractivity contribution in [1.82, 2.24) is 9.80 Å². The number of hydrogen-bond acceptors (Lipinski definition) is 4. The topological polar surface area (TPSA) is 66.9 Å². The monoisotopic (exact) mass is 358 g/mol. The van der Waals surface area contributed by atoms with Crippen LogP contribution in [-0.4, -0.2) is 60.9 Å². The minimum atomic E-state index is -0.759. The summed E-state index contributed by atoms with van der Waals surface area (Å²) in [6, 6.07) is 10.4. The molecule has 2 aliphatic rings. The quantitative estimate of drug-likeness (QED) is 0.608. The Kier molecular flexibility index (Phi) is 5.91. The number of methoxy groups -OCH3 is 1. The van der Waals surface area contributed by atoms with Gasteiger partial charge in [-0.3, -0.25) is 14.4 Å². The lowest BCUT2D eigenvalue weighted by molar-refractivity contribution is -0.158. The number of nitrogens with zero attached hydrogens (tertiary/aromatic N) is 2. The Morgan fingerprint density at radius 2 is 1.77 bits per heavy atom. The van der Waals surface area contributed by atoms with Crippen LogP contribution in [0.2, 0.25) is 0 Å². The number of ether oxygens (including phenoxy) is 1. The molecular formula is C20H26N2O4. The molecule has 0 aliphatic carbocycles. The van der Waals surface area contributed by atoms with E-state index in [1.807, 2.05) is 23.1 Å². The first kappa shape index (κ1) is 18.4. The summed E-state index contributed by atoms with van der Waals surface area (Å²) >= 11 is 0. The Bertz CT molecular complexity index is 653. The van der Waals surface area contributed by atoms with Crippen molar-refractivity contribution >= 4 is 17.8 Å². The third kappa shape index (κ3) is 4.06. The lowest BCUT2D eigenvalue weighted by atomic mass is 9.89. The van der Waals surface area contributed by atoms with Crippen molar-refractivity contribution in [3.63, 3.8) is 0 Å². The summed E-state index contributed by atoms with van der Waals surface area (Å²) in [5.41, 5.74) is 1.33. The molecular weight excluding hydrogens is 332 g/mol. The van der Waals surface area contributed by atoms with Crippen molar-refractivity contribution in [2.75, 3.05) is 33.3 Å². The van der Waals surface area contributed by atoms with Crippen LogP contribution < -0.4 is 0 Å². The summed E-state index contributed by atoms with van der Waals surface area (Å²) < 4.78 is 4.70. The van der Waals surface area contributed by atoms with Gasteiger partial charge in [0, 0.05) is 19.6 Å². The van der Waals surface area contributed by atoms with Crippen molar-refractivity contribution in [2.45, 2.75) is 31.6 Å². The Balaban J connectivity index is 1.52. The summed E-state index contributed by atoms with van der Waals surface area (Å²) in [4.78, 5) is 40.1. The number of likely N-dealkylation sites (tertiary alicyclic amines) is 2. The normalized spacial score (nSPS) is 21.6. The van der Waals surface area contributed by atoms with E-state index in [1.54, 1.807) is 0 Å². The molecule has 1 unspecified atom stereocenters. The molecule has 2 aliphatic heterocycles. The van der Waals surface area contributed by atoms with E-state index < -0.39 is 11.9 Å². The lowest BCUT2D eigenvalue weighted by Crippen LogP contribution is -2.50. The molecule has 26 heavy (non-hydrogen) atoms. The molecule has 0 spiro atoms. The largest absolute Gasteiger partial charge is 0.468 e. The maximum Gasteiger partial charge on any atom is 0.318 e. The van der Waals surface area contributed by atoms with E-state index in [0.29, 0.717) is 32.0 Å². The molecule has 2 saturated heterocycles. The van der Waals surface area contributed by atoms with Gasteiger partial charge in [-0.15, -0.1) is 0 Å². The first-order chi connectivity index (χ1) is 12.6. The van der Waals surface area contributed by atoms with Gasteiger partial charge in [-0.05, 0) is 37.2 Å². The van der Waals surface area contributed by atoms with E-state index in [0.717, 1.165) is 19.3 Å². The standard InChI is InChI=1S/C20H26N2O4/c1-26-20(25)17-8-5-11-22(19(17)24)14-18(23)21-12-9-16(10-13-21)15-6-3-2-4-7-15/h2-4,6-7,16-17H,5,8-14H2,1H3. The van der Waals surface area contributed by atoms with Crippen LogP contribution in [0.3, 0.4) is 0 Å². The molecule has 6 heteroatoms. The molecule has 6 nitrogen and oxygen atoms in total. The molecule has 0 radical (unpaired) electrons. The van der Waals surface area contributed by atoms with Crippen molar-refractivity contribution in [1.29, 1.82) is 0 Å². The fourth-order valence-corrected chi connectivity index (χ4v) is 3.91. The second-order valence-corrected chi connectivity index (χ2v) is 7.04. The van der Waals surface area contributed by atoms with Gasteiger partial charge in [0.2, 0.25) is 11.8 Å². The molecule has 140 valence electrons. The van der Waals surface area contributed by atoms with E-state index in [2.05, 4.69) is 12.1 Å². The van der Waals surface area contributed by atoms with E-state index in [4.69, 9.17) is 4.74 Å². The van der Waals surface area contributed by atoms with Crippen molar-refractivity contribution in [3.8, 4) is 0 Å². The maximum atomic E-state index is 12.6. The van der Waals surface area contributed by atoms with Crippen molar-refractivity contribution in [2.24, 2.45) is 5.92 Å². The van der Waals surface area contributed by atoms with Crippen LogP contribution in [0.25, 0.3) is 0 Å². The van der Waals surface area contributed by atoms with E-state index in [-0.39, 0.29) is 18.4 Å². The fraction of sp³-hybridized carbons (Fsp3) is 0.550. The highest BCUT2D eigenvalue weighted by Gasteiger charge is 2.36. The van der Waals surface area contributed by atoms with Gasteiger partial charge in [-0.25, -0.2) is 0 Å². The van der Waals surface area contributed by atoms with Gasteiger partial charge in [-0.2, -0.15) is 0 Å². The molecule has 1 aromatic rings. The Morgan fingerprint density at radius 1 is 1.08 bits per heavy atom. The van der Waals surface area contributed by atoms with Crippen LogP contribution in [0.4, 0.5) is 0 Å². The predicted molar refractivity (Wildman–Crippen MR) is 96.3 cm³/mol. The molecule has 1 aromatic carbocycles. The molecule has 0 saturated carbocycles. The first-order valence-electron chi connectivity index (χ1n) is 9.29. The highest BCUT2D eigenvalue weighted by atomic mass is 16.5. The Morgan fingerprint density at radius 3 is 2.42 bits per heavy atom. The SMILES string of the molecule is COC(=O)C1CCCN(CC(=O)N2CCC(c3ccccc3)CC2)C1=O. The summed E-state index contributed by atoms with van der Waals surface area (Å²) in [6.07, 6.45) is 3.09. The number of hydrogen-bond donors (Lipinski definition) is 0. The van der Waals surface area contributed by atoms with E-state index >= 15 is 0 Å². The molecule has 3 rings (SSSR count). The van der Waals surface area contributed by atoms with Crippen LogP contribution in [0, 0.1) is 5.92 Å². The molecule has 0 N–H and O–H groups in total. The van der Waals surface area contributed by atoms with Gasteiger partial charge in [-0.1, -0.05) is 30.3 Å². The average Bonchev–Trinajstić information content (AvgIpc) is 2.69. The minimum absolute atomic E-state index is 0.0321. The molecule has 1 atom stereocenters. The third-order valence-corrected chi connectivity index (χ3v) is 5.46. The van der Waals surface area contributed by atoms with Gasteiger partial charge in [0.1, 0.15) is 5.92 Å². The zero-order valence-corrected chi connectivity index (χ0v) is 15.2. The van der Waals surface area contributed by atoms with Crippen LogP contribution >= 0.6 is 0 Å². The molecule has 0 aromatic heterocycles.